The van der Waals surface area contributed by atoms with Crippen LogP contribution in [0.15, 0.2) is 42.6 Å². The van der Waals surface area contributed by atoms with Gasteiger partial charge in [-0.3, -0.25) is 0 Å². The minimum absolute atomic E-state index is 0.0115. The van der Waals surface area contributed by atoms with Crippen LogP contribution in [0.1, 0.15) is 24.7 Å². The van der Waals surface area contributed by atoms with Crippen molar-refractivity contribution in [2.24, 2.45) is 5.92 Å². The molecule has 2 fully saturated rings. The molecule has 174 valence electrons. The Morgan fingerprint density at radius 1 is 1.06 bits per heavy atom. The Labute approximate surface area is 192 Å². The monoisotopic (exact) mass is 453 g/mol. The van der Waals surface area contributed by atoms with Crippen LogP contribution in [0.4, 0.5) is 26.0 Å². The number of halogens is 2. The number of nitrogens with one attached hydrogen (secondary N) is 1. The quantitative estimate of drug-likeness (QED) is 0.604. The molecule has 4 heterocycles. The van der Waals surface area contributed by atoms with Crippen LogP contribution in [-0.4, -0.2) is 61.3 Å². The first-order chi connectivity index (χ1) is 16.1. The van der Waals surface area contributed by atoms with Crippen molar-refractivity contribution in [2.45, 2.75) is 19.0 Å². The maximum Gasteiger partial charge on any atom is 0.146 e. The summed E-state index contributed by atoms with van der Waals surface area (Å²) in [6.07, 6.45) is 2.26. The van der Waals surface area contributed by atoms with Crippen LogP contribution in [0.25, 0.3) is 10.9 Å². The van der Waals surface area contributed by atoms with Crippen LogP contribution in [0.5, 0.6) is 0 Å². The summed E-state index contributed by atoms with van der Waals surface area (Å²) in [7, 11) is 2.07. The second-order valence-corrected chi connectivity index (χ2v) is 8.93. The predicted octanol–water partition coefficient (Wildman–Crippen LogP) is 4.70. The number of aromatic nitrogens is 2. The number of nitrogens with zero attached hydrogens (tertiary/aromatic N) is 4. The number of hydrogen-bond donors (Lipinski definition) is 1. The van der Waals surface area contributed by atoms with E-state index in [1.165, 1.54) is 6.07 Å². The maximum atomic E-state index is 15.2. The van der Waals surface area contributed by atoms with Gasteiger partial charge in [0.1, 0.15) is 17.8 Å². The van der Waals surface area contributed by atoms with Gasteiger partial charge in [0.25, 0.3) is 0 Å². The van der Waals surface area contributed by atoms with E-state index in [9.17, 15) is 4.39 Å². The molecule has 0 saturated carbocycles. The van der Waals surface area contributed by atoms with Gasteiger partial charge in [-0.25, -0.2) is 18.7 Å². The lowest BCUT2D eigenvalue weighted by Crippen LogP contribution is -2.36. The number of fused-ring (bicyclic) bond motifs is 1. The normalized spacial score (nSPS) is 19.1. The molecular formula is C25H29F2N5O. The Bertz CT molecular complexity index is 1110. The topological polar surface area (TPSA) is 53.5 Å². The van der Waals surface area contributed by atoms with Crippen molar-refractivity contribution >= 4 is 28.1 Å². The highest BCUT2D eigenvalue weighted by Crippen LogP contribution is 2.34. The van der Waals surface area contributed by atoms with E-state index < -0.39 is 6.17 Å². The van der Waals surface area contributed by atoms with Crippen molar-refractivity contribution < 1.29 is 13.5 Å². The molecule has 5 rings (SSSR count). The molecule has 0 amide bonds. The van der Waals surface area contributed by atoms with E-state index >= 15 is 4.39 Å². The smallest absolute Gasteiger partial charge is 0.146 e. The van der Waals surface area contributed by atoms with Crippen molar-refractivity contribution in [1.29, 1.82) is 0 Å². The molecule has 0 unspecified atom stereocenters. The van der Waals surface area contributed by atoms with E-state index in [4.69, 9.17) is 4.74 Å². The Morgan fingerprint density at radius 3 is 2.64 bits per heavy atom. The number of pyridine rings is 2. The van der Waals surface area contributed by atoms with E-state index in [-0.39, 0.29) is 11.7 Å². The highest BCUT2D eigenvalue weighted by atomic mass is 19.1. The number of ether oxygens (including phenoxy) is 1. The fourth-order valence-electron chi connectivity index (χ4n) is 4.58. The van der Waals surface area contributed by atoms with Gasteiger partial charge in [0, 0.05) is 36.4 Å². The van der Waals surface area contributed by atoms with Crippen LogP contribution in [0.2, 0.25) is 0 Å². The first-order valence-corrected chi connectivity index (χ1v) is 11.6. The molecule has 1 aromatic carbocycles. The Morgan fingerprint density at radius 2 is 1.85 bits per heavy atom. The number of hydrogen-bond acceptors (Lipinski definition) is 6. The number of morpholine rings is 1. The summed E-state index contributed by atoms with van der Waals surface area (Å²) in [6, 6.07) is 10.4. The second-order valence-electron chi connectivity index (χ2n) is 8.93. The van der Waals surface area contributed by atoms with E-state index in [0.717, 1.165) is 50.1 Å². The molecule has 0 bridgehead atoms. The molecule has 8 heteroatoms. The lowest BCUT2D eigenvalue weighted by atomic mass is 9.90. The van der Waals surface area contributed by atoms with Crippen molar-refractivity contribution in [3.05, 3.63) is 54.1 Å². The minimum Gasteiger partial charge on any atom is -0.378 e. The fourth-order valence-corrected chi connectivity index (χ4v) is 4.58. The molecule has 2 aliphatic rings. The van der Waals surface area contributed by atoms with Gasteiger partial charge in [-0.1, -0.05) is 0 Å². The average molecular weight is 454 g/mol. The molecule has 3 aromatic rings. The third-order valence-electron chi connectivity index (χ3n) is 6.64. The summed E-state index contributed by atoms with van der Waals surface area (Å²) in [5.41, 5.74) is 2.37. The largest absolute Gasteiger partial charge is 0.378 e. The zero-order valence-corrected chi connectivity index (χ0v) is 18.8. The zero-order chi connectivity index (χ0) is 22.8. The predicted molar refractivity (Wildman–Crippen MR) is 126 cm³/mol. The fraction of sp³-hybridized carbons (Fsp3) is 0.440. The van der Waals surface area contributed by atoms with Crippen molar-refractivity contribution in [3.8, 4) is 0 Å². The van der Waals surface area contributed by atoms with Crippen LogP contribution in [-0.2, 0) is 4.74 Å². The molecule has 6 nitrogen and oxygen atoms in total. The first-order valence-electron chi connectivity index (χ1n) is 11.6. The first kappa shape index (κ1) is 22.0. The van der Waals surface area contributed by atoms with E-state index in [1.807, 2.05) is 6.07 Å². The number of alkyl halides is 1. The van der Waals surface area contributed by atoms with Gasteiger partial charge in [-0.05, 0) is 69.2 Å². The third kappa shape index (κ3) is 4.91. The number of likely N-dealkylation sites (tertiary alicyclic amines) is 1. The van der Waals surface area contributed by atoms with E-state index in [1.54, 1.807) is 30.5 Å². The number of benzene rings is 1. The Balaban J connectivity index is 1.37. The molecule has 0 spiro atoms. The highest BCUT2D eigenvalue weighted by molar-refractivity contribution is 5.81. The average Bonchev–Trinajstić information content (AvgIpc) is 2.85. The summed E-state index contributed by atoms with van der Waals surface area (Å²) in [6.45, 7) is 4.68. The molecule has 2 saturated heterocycles. The Kier molecular flexibility index (Phi) is 6.37. The van der Waals surface area contributed by atoms with Crippen molar-refractivity contribution in [3.63, 3.8) is 0 Å². The lowest BCUT2D eigenvalue weighted by molar-refractivity contribution is 0.122. The standard InChI is InChI=1S/C25H29F2N5O/c1-31-8-6-17(7-9-31)25(27)21-5-2-18-16-28-24(15-22(18)29-21)30-23-14-19(3-4-20(23)26)32-10-12-33-13-11-32/h2-5,14-17,25H,6-13H2,1H3,(H,28,30)/t25-/m1/s1. The third-order valence-corrected chi connectivity index (χ3v) is 6.64. The maximum absolute atomic E-state index is 15.2. The second kappa shape index (κ2) is 9.57. The summed E-state index contributed by atoms with van der Waals surface area (Å²) < 4.78 is 35.2. The van der Waals surface area contributed by atoms with Gasteiger partial charge in [-0.15, -0.1) is 0 Å². The van der Waals surface area contributed by atoms with Crippen LogP contribution in [0, 0.1) is 11.7 Å². The summed E-state index contributed by atoms with van der Waals surface area (Å²) >= 11 is 0. The van der Waals surface area contributed by atoms with Crippen molar-refractivity contribution in [1.82, 2.24) is 14.9 Å². The van der Waals surface area contributed by atoms with E-state index in [0.29, 0.717) is 35.9 Å². The molecule has 0 radical (unpaired) electrons. The van der Waals surface area contributed by atoms with Gasteiger partial charge in [0.15, 0.2) is 0 Å². The number of piperidine rings is 1. The van der Waals surface area contributed by atoms with Gasteiger partial charge >= 0.3 is 0 Å². The zero-order valence-electron chi connectivity index (χ0n) is 18.8. The summed E-state index contributed by atoms with van der Waals surface area (Å²) in [5, 5.41) is 3.90. The molecule has 1 atom stereocenters. The van der Waals surface area contributed by atoms with Crippen LogP contribution in [0.3, 0.4) is 0 Å². The lowest BCUT2D eigenvalue weighted by Gasteiger charge is -2.30. The van der Waals surface area contributed by atoms with Gasteiger partial charge in [-0.2, -0.15) is 0 Å². The molecule has 2 aliphatic heterocycles. The number of rotatable bonds is 5. The van der Waals surface area contributed by atoms with Gasteiger partial charge < -0.3 is 19.9 Å². The summed E-state index contributed by atoms with van der Waals surface area (Å²) in [5.74, 6) is 0.101. The Hall–Kier alpha value is -2.84. The van der Waals surface area contributed by atoms with Gasteiger partial charge in [0.2, 0.25) is 0 Å². The number of anilines is 3. The van der Waals surface area contributed by atoms with Crippen molar-refractivity contribution in [2.75, 3.05) is 56.7 Å². The molecule has 2 aromatic heterocycles. The SMILES string of the molecule is CN1CCC([C@@H](F)c2ccc3cnc(Nc4cc(N5CCOCC5)ccc4F)cc3n2)CC1. The molecule has 33 heavy (non-hydrogen) atoms. The van der Waals surface area contributed by atoms with Crippen LogP contribution < -0.4 is 10.2 Å². The van der Waals surface area contributed by atoms with Gasteiger partial charge in [0.05, 0.1) is 30.1 Å². The van der Waals surface area contributed by atoms with E-state index in [2.05, 4.69) is 32.1 Å². The van der Waals surface area contributed by atoms with Crippen LogP contribution >= 0.6 is 0 Å². The molecule has 0 aliphatic carbocycles. The minimum atomic E-state index is -1.09. The highest BCUT2D eigenvalue weighted by Gasteiger charge is 2.27. The molecule has 1 N–H and O–H groups in total. The summed E-state index contributed by atoms with van der Waals surface area (Å²) in [4.78, 5) is 13.4. The molecular weight excluding hydrogens is 424 g/mol.